The van der Waals surface area contributed by atoms with E-state index < -0.39 is 0 Å². The predicted molar refractivity (Wildman–Crippen MR) is 77.7 cm³/mol. The van der Waals surface area contributed by atoms with Gasteiger partial charge in [0, 0.05) is 12.1 Å². The first-order chi connectivity index (χ1) is 9.06. The zero-order valence-electron chi connectivity index (χ0n) is 10.9. The Balaban J connectivity index is 1.96. The molecule has 1 aliphatic heterocycles. The average Bonchev–Trinajstić information content (AvgIpc) is 2.37. The van der Waals surface area contributed by atoms with Gasteiger partial charge in [-0.15, -0.1) is 0 Å². The molecular weight excluding hydrogens is 311 g/mol. The van der Waals surface area contributed by atoms with Crippen LogP contribution in [-0.4, -0.2) is 19.0 Å². The molecular formula is C14H18BrFN2O. The summed E-state index contributed by atoms with van der Waals surface area (Å²) in [6, 6.07) is 3.04. The lowest BCUT2D eigenvalue weighted by atomic mass is 9.94. The SMILES string of the molecule is Cc1cc(Br)c(F)cc1NC(=O)CC1CCNCC1. The molecule has 104 valence electrons. The Bertz CT molecular complexity index is 473. The summed E-state index contributed by atoms with van der Waals surface area (Å²) in [5.41, 5.74) is 1.41. The molecule has 1 aliphatic rings. The first-order valence-electron chi connectivity index (χ1n) is 6.52. The second kappa shape index (κ2) is 6.48. The molecule has 19 heavy (non-hydrogen) atoms. The molecule has 1 heterocycles. The number of rotatable bonds is 3. The van der Waals surface area contributed by atoms with Crippen molar-refractivity contribution in [3.63, 3.8) is 0 Å². The number of benzene rings is 1. The molecule has 1 amide bonds. The van der Waals surface area contributed by atoms with Gasteiger partial charge in [-0.2, -0.15) is 0 Å². The average molecular weight is 329 g/mol. The van der Waals surface area contributed by atoms with E-state index in [4.69, 9.17) is 0 Å². The summed E-state index contributed by atoms with van der Waals surface area (Å²) in [6.07, 6.45) is 2.57. The quantitative estimate of drug-likeness (QED) is 0.894. The van der Waals surface area contributed by atoms with E-state index in [2.05, 4.69) is 26.6 Å². The van der Waals surface area contributed by atoms with Crippen LogP contribution in [0.5, 0.6) is 0 Å². The van der Waals surface area contributed by atoms with Crippen LogP contribution in [0.4, 0.5) is 10.1 Å². The van der Waals surface area contributed by atoms with Gasteiger partial charge in [0.15, 0.2) is 0 Å². The van der Waals surface area contributed by atoms with Crippen LogP contribution in [0.3, 0.4) is 0 Å². The van der Waals surface area contributed by atoms with Crippen molar-refractivity contribution in [1.82, 2.24) is 5.32 Å². The lowest BCUT2D eigenvalue weighted by Crippen LogP contribution is -2.30. The number of carbonyl (C=O) groups excluding carboxylic acids is 1. The number of anilines is 1. The van der Waals surface area contributed by atoms with Gasteiger partial charge in [0.2, 0.25) is 5.91 Å². The van der Waals surface area contributed by atoms with Crippen LogP contribution < -0.4 is 10.6 Å². The molecule has 0 aromatic heterocycles. The lowest BCUT2D eigenvalue weighted by molar-refractivity contribution is -0.117. The Hall–Kier alpha value is -0.940. The molecule has 1 aromatic rings. The zero-order chi connectivity index (χ0) is 13.8. The Morgan fingerprint density at radius 1 is 1.47 bits per heavy atom. The van der Waals surface area contributed by atoms with E-state index in [1.807, 2.05) is 6.92 Å². The molecule has 1 fully saturated rings. The summed E-state index contributed by atoms with van der Waals surface area (Å²) >= 11 is 3.13. The van der Waals surface area contributed by atoms with Crippen LogP contribution in [0.15, 0.2) is 16.6 Å². The number of nitrogens with one attached hydrogen (secondary N) is 2. The summed E-state index contributed by atoms with van der Waals surface area (Å²) in [4.78, 5) is 12.0. The fraction of sp³-hybridized carbons (Fsp3) is 0.500. The van der Waals surface area contributed by atoms with Crippen molar-refractivity contribution in [2.24, 2.45) is 5.92 Å². The number of amides is 1. The standard InChI is InChI=1S/C14H18BrFN2O/c1-9-6-11(15)12(16)8-13(9)18-14(19)7-10-2-4-17-5-3-10/h6,8,10,17H,2-5,7H2,1H3,(H,18,19). The van der Waals surface area contributed by atoms with Gasteiger partial charge in [0.25, 0.3) is 0 Å². The van der Waals surface area contributed by atoms with Crippen molar-refractivity contribution in [2.75, 3.05) is 18.4 Å². The largest absolute Gasteiger partial charge is 0.326 e. The molecule has 3 nitrogen and oxygen atoms in total. The number of halogens is 2. The van der Waals surface area contributed by atoms with Crippen molar-refractivity contribution < 1.29 is 9.18 Å². The maximum atomic E-state index is 13.5. The van der Waals surface area contributed by atoms with E-state index >= 15 is 0 Å². The number of piperidine rings is 1. The molecule has 0 saturated carbocycles. The van der Waals surface area contributed by atoms with Crippen LogP contribution >= 0.6 is 15.9 Å². The van der Waals surface area contributed by atoms with Crippen molar-refractivity contribution in [3.05, 3.63) is 28.0 Å². The number of carbonyl (C=O) groups is 1. The van der Waals surface area contributed by atoms with Gasteiger partial charge in [-0.05, 0) is 72.4 Å². The van der Waals surface area contributed by atoms with Crippen LogP contribution in [-0.2, 0) is 4.79 Å². The lowest BCUT2D eigenvalue weighted by Gasteiger charge is -2.22. The van der Waals surface area contributed by atoms with Crippen molar-refractivity contribution in [2.45, 2.75) is 26.2 Å². The Kier molecular flexibility index (Phi) is 4.93. The van der Waals surface area contributed by atoms with Crippen molar-refractivity contribution >= 4 is 27.5 Å². The summed E-state index contributed by atoms with van der Waals surface area (Å²) in [6.45, 7) is 3.80. The molecule has 2 rings (SSSR count). The molecule has 5 heteroatoms. The van der Waals surface area contributed by atoms with E-state index in [1.165, 1.54) is 6.07 Å². The Labute approximate surface area is 121 Å². The minimum absolute atomic E-state index is 0.0308. The summed E-state index contributed by atoms with van der Waals surface area (Å²) in [7, 11) is 0. The van der Waals surface area contributed by atoms with Gasteiger partial charge < -0.3 is 10.6 Å². The van der Waals surface area contributed by atoms with Crippen LogP contribution in [0, 0.1) is 18.7 Å². The molecule has 0 spiro atoms. The second-order valence-corrected chi connectivity index (χ2v) is 5.88. The fourth-order valence-corrected chi connectivity index (χ4v) is 2.79. The normalized spacial score (nSPS) is 16.4. The van der Waals surface area contributed by atoms with Gasteiger partial charge in [-0.3, -0.25) is 4.79 Å². The molecule has 0 unspecified atom stereocenters. The monoisotopic (exact) mass is 328 g/mol. The highest BCUT2D eigenvalue weighted by Gasteiger charge is 2.17. The molecule has 0 bridgehead atoms. The minimum atomic E-state index is -0.359. The van der Waals surface area contributed by atoms with Gasteiger partial charge in [-0.1, -0.05) is 0 Å². The number of aryl methyl sites for hydroxylation is 1. The second-order valence-electron chi connectivity index (χ2n) is 5.03. The third kappa shape index (κ3) is 4.01. The van der Waals surface area contributed by atoms with Gasteiger partial charge in [0.1, 0.15) is 5.82 Å². The van der Waals surface area contributed by atoms with E-state index in [9.17, 15) is 9.18 Å². The van der Waals surface area contributed by atoms with Crippen molar-refractivity contribution in [1.29, 1.82) is 0 Å². The molecule has 1 saturated heterocycles. The number of hydrogen-bond donors (Lipinski definition) is 2. The van der Waals surface area contributed by atoms with E-state index in [0.29, 0.717) is 22.5 Å². The van der Waals surface area contributed by atoms with Crippen molar-refractivity contribution in [3.8, 4) is 0 Å². The maximum Gasteiger partial charge on any atom is 0.224 e. The molecule has 0 aliphatic carbocycles. The highest BCUT2D eigenvalue weighted by molar-refractivity contribution is 9.10. The van der Waals surface area contributed by atoms with Crippen LogP contribution in [0.2, 0.25) is 0 Å². The van der Waals surface area contributed by atoms with Gasteiger partial charge in [-0.25, -0.2) is 4.39 Å². The third-order valence-electron chi connectivity index (χ3n) is 3.47. The Morgan fingerprint density at radius 3 is 2.84 bits per heavy atom. The van der Waals surface area contributed by atoms with Crippen LogP contribution in [0.25, 0.3) is 0 Å². The summed E-state index contributed by atoms with van der Waals surface area (Å²) in [5.74, 6) is 0.0429. The van der Waals surface area contributed by atoms with Gasteiger partial charge >= 0.3 is 0 Å². The highest BCUT2D eigenvalue weighted by atomic mass is 79.9. The molecule has 1 aromatic carbocycles. The summed E-state index contributed by atoms with van der Waals surface area (Å²) in [5, 5.41) is 6.08. The maximum absolute atomic E-state index is 13.5. The smallest absolute Gasteiger partial charge is 0.224 e. The fourth-order valence-electron chi connectivity index (χ4n) is 2.33. The summed E-state index contributed by atoms with van der Waals surface area (Å²) < 4.78 is 13.9. The molecule has 0 atom stereocenters. The van der Waals surface area contributed by atoms with E-state index in [-0.39, 0.29) is 11.7 Å². The first-order valence-corrected chi connectivity index (χ1v) is 7.32. The predicted octanol–water partition coefficient (Wildman–Crippen LogP) is 3.22. The van der Waals surface area contributed by atoms with Gasteiger partial charge in [0.05, 0.1) is 4.47 Å². The highest BCUT2D eigenvalue weighted by Crippen LogP contribution is 2.25. The minimum Gasteiger partial charge on any atom is -0.326 e. The van der Waals surface area contributed by atoms with Crippen LogP contribution in [0.1, 0.15) is 24.8 Å². The first kappa shape index (κ1) is 14.5. The number of hydrogen-bond acceptors (Lipinski definition) is 2. The molecule has 2 N–H and O–H groups in total. The third-order valence-corrected chi connectivity index (χ3v) is 4.08. The molecule has 0 radical (unpaired) electrons. The van der Waals surface area contributed by atoms with E-state index in [1.54, 1.807) is 6.07 Å². The topological polar surface area (TPSA) is 41.1 Å². The zero-order valence-corrected chi connectivity index (χ0v) is 12.5. The van der Waals surface area contributed by atoms with E-state index in [0.717, 1.165) is 31.5 Å². The Morgan fingerprint density at radius 2 is 2.16 bits per heavy atom.